The summed E-state index contributed by atoms with van der Waals surface area (Å²) in [5.41, 5.74) is 2.06. The molecule has 1 saturated heterocycles. The number of carbonyl (C=O) groups excluding carboxylic acids is 2. The van der Waals surface area contributed by atoms with Crippen molar-refractivity contribution in [3.05, 3.63) is 23.8 Å². The second kappa shape index (κ2) is 6.66. The summed E-state index contributed by atoms with van der Waals surface area (Å²) in [6.45, 7) is 5.40. The molecule has 23 heavy (non-hydrogen) atoms. The molecule has 1 fully saturated rings. The summed E-state index contributed by atoms with van der Waals surface area (Å²) in [6, 6.07) is 6.03. The predicted molar refractivity (Wildman–Crippen MR) is 92.6 cm³/mol. The van der Waals surface area contributed by atoms with Crippen LogP contribution in [0.4, 0.5) is 5.13 Å². The fourth-order valence-corrected chi connectivity index (χ4v) is 3.77. The molecule has 0 saturated carbocycles. The van der Waals surface area contributed by atoms with Crippen molar-refractivity contribution in [1.29, 1.82) is 0 Å². The minimum atomic E-state index is -0.270. The van der Waals surface area contributed by atoms with Gasteiger partial charge in [0.15, 0.2) is 5.13 Å². The number of thiazole rings is 1. The summed E-state index contributed by atoms with van der Waals surface area (Å²) in [7, 11) is 0. The monoisotopic (exact) mass is 331 g/mol. The van der Waals surface area contributed by atoms with Gasteiger partial charge >= 0.3 is 0 Å². The van der Waals surface area contributed by atoms with Crippen LogP contribution in [-0.4, -0.2) is 34.8 Å². The van der Waals surface area contributed by atoms with Crippen molar-refractivity contribution in [2.24, 2.45) is 5.92 Å². The number of unbranched alkanes of at least 4 members (excludes halogenated alkanes) is 1. The highest BCUT2D eigenvalue weighted by Gasteiger charge is 2.34. The van der Waals surface area contributed by atoms with Crippen molar-refractivity contribution in [1.82, 2.24) is 9.88 Å². The molecule has 2 aromatic rings. The summed E-state index contributed by atoms with van der Waals surface area (Å²) in [4.78, 5) is 30.6. The zero-order valence-corrected chi connectivity index (χ0v) is 14.3. The predicted octanol–water partition coefficient (Wildman–Crippen LogP) is 3.19. The van der Waals surface area contributed by atoms with Crippen LogP contribution in [0.5, 0.6) is 0 Å². The van der Waals surface area contributed by atoms with Crippen LogP contribution in [-0.2, 0) is 9.59 Å². The van der Waals surface area contributed by atoms with E-state index in [1.807, 2.05) is 19.1 Å². The number of nitrogens with one attached hydrogen (secondary N) is 1. The van der Waals surface area contributed by atoms with Crippen LogP contribution in [0.1, 0.15) is 31.7 Å². The summed E-state index contributed by atoms with van der Waals surface area (Å²) >= 11 is 1.47. The smallest absolute Gasteiger partial charge is 0.231 e. The van der Waals surface area contributed by atoms with Gasteiger partial charge in [0.1, 0.15) is 0 Å². The lowest BCUT2D eigenvalue weighted by molar-refractivity contribution is -0.128. The first-order chi connectivity index (χ1) is 11.1. The summed E-state index contributed by atoms with van der Waals surface area (Å²) in [5.74, 6) is -0.292. The number of benzene rings is 1. The molecule has 1 aliphatic rings. The highest BCUT2D eigenvalue weighted by molar-refractivity contribution is 7.22. The number of aryl methyl sites for hydroxylation is 1. The van der Waals surface area contributed by atoms with E-state index < -0.39 is 0 Å². The van der Waals surface area contributed by atoms with Crippen LogP contribution in [0.25, 0.3) is 10.2 Å². The number of anilines is 1. The Hall–Kier alpha value is -1.95. The third kappa shape index (κ3) is 3.52. The second-order valence-electron chi connectivity index (χ2n) is 6.07. The van der Waals surface area contributed by atoms with Gasteiger partial charge in [-0.1, -0.05) is 30.7 Å². The molecule has 5 nitrogen and oxygen atoms in total. The van der Waals surface area contributed by atoms with Crippen LogP contribution in [0, 0.1) is 12.8 Å². The first-order valence-electron chi connectivity index (χ1n) is 8.02. The maximum Gasteiger partial charge on any atom is 0.231 e. The molecular weight excluding hydrogens is 310 g/mol. The molecule has 0 radical (unpaired) electrons. The van der Waals surface area contributed by atoms with E-state index in [0.29, 0.717) is 18.1 Å². The van der Waals surface area contributed by atoms with Crippen LogP contribution >= 0.6 is 11.3 Å². The van der Waals surface area contributed by atoms with E-state index in [4.69, 9.17) is 0 Å². The molecule has 0 bridgehead atoms. The molecule has 2 heterocycles. The number of aromatic nitrogens is 1. The average Bonchev–Trinajstić information content (AvgIpc) is 3.07. The quantitative estimate of drug-likeness (QED) is 0.915. The molecule has 1 aromatic carbocycles. The largest absolute Gasteiger partial charge is 0.342 e. The molecule has 2 amide bonds. The minimum absolute atomic E-state index is 0.0820. The van der Waals surface area contributed by atoms with Gasteiger partial charge in [-0.05, 0) is 31.0 Å². The lowest BCUT2D eigenvalue weighted by Gasteiger charge is -2.15. The van der Waals surface area contributed by atoms with Crippen molar-refractivity contribution in [3.8, 4) is 0 Å². The Morgan fingerprint density at radius 1 is 1.48 bits per heavy atom. The Bertz CT molecular complexity index is 741. The fourth-order valence-electron chi connectivity index (χ4n) is 2.81. The van der Waals surface area contributed by atoms with Crippen molar-refractivity contribution < 1.29 is 9.59 Å². The van der Waals surface area contributed by atoms with E-state index >= 15 is 0 Å². The lowest BCUT2D eigenvalue weighted by Crippen LogP contribution is -2.29. The molecule has 1 atom stereocenters. The van der Waals surface area contributed by atoms with Crippen LogP contribution in [0.3, 0.4) is 0 Å². The van der Waals surface area contributed by atoms with Gasteiger partial charge < -0.3 is 10.2 Å². The number of nitrogens with zero attached hydrogens (tertiary/aromatic N) is 2. The van der Waals surface area contributed by atoms with E-state index in [9.17, 15) is 9.59 Å². The van der Waals surface area contributed by atoms with Gasteiger partial charge in [-0.25, -0.2) is 4.98 Å². The molecule has 6 heteroatoms. The van der Waals surface area contributed by atoms with Crippen LogP contribution in [0.2, 0.25) is 0 Å². The molecule has 0 aliphatic carbocycles. The van der Waals surface area contributed by atoms with Gasteiger partial charge in [0, 0.05) is 19.5 Å². The molecular formula is C17H21N3O2S. The van der Waals surface area contributed by atoms with Crippen molar-refractivity contribution in [3.63, 3.8) is 0 Å². The van der Waals surface area contributed by atoms with Gasteiger partial charge in [-0.2, -0.15) is 0 Å². The van der Waals surface area contributed by atoms with E-state index in [-0.39, 0.29) is 17.7 Å². The normalized spacial score (nSPS) is 17.9. The molecule has 122 valence electrons. The Labute approximate surface area is 139 Å². The summed E-state index contributed by atoms with van der Waals surface area (Å²) < 4.78 is 1.06. The molecule has 1 aromatic heterocycles. The van der Waals surface area contributed by atoms with E-state index in [2.05, 4.69) is 23.3 Å². The SMILES string of the molecule is CCCCN1C[C@@H](C(=O)Nc2nc3ccc(C)cc3s2)CC1=O. The third-order valence-corrected chi connectivity index (χ3v) is 5.07. The van der Waals surface area contributed by atoms with Crippen molar-refractivity contribution in [2.75, 3.05) is 18.4 Å². The Balaban J connectivity index is 1.65. The molecule has 0 unspecified atom stereocenters. The Kier molecular flexibility index (Phi) is 4.61. The van der Waals surface area contributed by atoms with E-state index in [1.165, 1.54) is 16.9 Å². The first kappa shape index (κ1) is 15.9. The van der Waals surface area contributed by atoms with Crippen molar-refractivity contribution >= 4 is 38.5 Å². The topological polar surface area (TPSA) is 62.3 Å². The van der Waals surface area contributed by atoms with Gasteiger partial charge in [-0.15, -0.1) is 0 Å². The number of hydrogen-bond acceptors (Lipinski definition) is 4. The Morgan fingerprint density at radius 3 is 3.09 bits per heavy atom. The lowest BCUT2D eigenvalue weighted by atomic mass is 10.1. The zero-order valence-electron chi connectivity index (χ0n) is 13.5. The van der Waals surface area contributed by atoms with Crippen LogP contribution < -0.4 is 5.32 Å². The number of hydrogen-bond donors (Lipinski definition) is 1. The third-order valence-electron chi connectivity index (χ3n) is 4.14. The minimum Gasteiger partial charge on any atom is -0.342 e. The van der Waals surface area contributed by atoms with Gasteiger partial charge in [-0.3, -0.25) is 9.59 Å². The summed E-state index contributed by atoms with van der Waals surface area (Å²) in [6.07, 6.45) is 2.34. The molecule has 3 rings (SSSR count). The standard InChI is InChI=1S/C17H21N3O2S/c1-3-4-7-20-10-12(9-15(20)21)16(22)19-17-18-13-6-5-11(2)8-14(13)23-17/h5-6,8,12H,3-4,7,9-10H2,1-2H3,(H,18,19,22)/t12-/m0/s1. The average molecular weight is 331 g/mol. The Morgan fingerprint density at radius 2 is 2.30 bits per heavy atom. The number of fused-ring (bicyclic) bond motifs is 1. The van der Waals surface area contributed by atoms with Gasteiger partial charge in [0.25, 0.3) is 0 Å². The van der Waals surface area contributed by atoms with Gasteiger partial charge in [0.05, 0.1) is 16.1 Å². The van der Waals surface area contributed by atoms with Crippen LogP contribution in [0.15, 0.2) is 18.2 Å². The number of carbonyl (C=O) groups is 2. The summed E-state index contributed by atoms with van der Waals surface area (Å²) in [5, 5.41) is 3.49. The van der Waals surface area contributed by atoms with Crippen molar-refractivity contribution in [2.45, 2.75) is 33.1 Å². The first-order valence-corrected chi connectivity index (χ1v) is 8.84. The number of likely N-dealkylation sites (tertiary alicyclic amines) is 1. The highest BCUT2D eigenvalue weighted by Crippen LogP contribution is 2.28. The molecule has 0 spiro atoms. The van der Waals surface area contributed by atoms with E-state index in [1.54, 1.807) is 4.90 Å². The molecule has 1 N–H and O–H groups in total. The van der Waals surface area contributed by atoms with E-state index in [0.717, 1.165) is 29.6 Å². The second-order valence-corrected chi connectivity index (χ2v) is 7.10. The molecule has 1 aliphatic heterocycles. The van der Waals surface area contributed by atoms with Gasteiger partial charge in [0.2, 0.25) is 11.8 Å². The highest BCUT2D eigenvalue weighted by atomic mass is 32.1. The maximum absolute atomic E-state index is 12.4. The fraction of sp³-hybridized carbons (Fsp3) is 0.471. The number of rotatable bonds is 5. The maximum atomic E-state index is 12.4. The zero-order chi connectivity index (χ0) is 16.4. The number of amides is 2.